The van der Waals surface area contributed by atoms with Crippen LogP contribution in [0.2, 0.25) is 0 Å². The Bertz CT molecular complexity index is 482. The number of nitrogens with one attached hydrogen (secondary N) is 2. The Morgan fingerprint density at radius 1 is 1.41 bits per heavy atom. The SMILES string of the molecule is CC(=O)Nc1ccc(C2=NNC(=O)CS2)cc1. The first-order chi connectivity index (χ1) is 8.15. The van der Waals surface area contributed by atoms with Gasteiger partial charge < -0.3 is 5.32 Å². The molecule has 0 unspecified atom stereocenters. The van der Waals surface area contributed by atoms with E-state index in [0.717, 1.165) is 16.3 Å². The maximum atomic E-state index is 10.9. The summed E-state index contributed by atoms with van der Waals surface area (Å²) in [6.45, 7) is 1.46. The lowest BCUT2D eigenvalue weighted by Gasteiger charge is -2.11. The van der Waals surface area contributed by atoms with Crippen LogP contribution in [0.15, 0.2) is 29.4 Å². The van der Waals surface area contributed by atoms with Crippen molar-refractivity contribution >= 4 is 34.3 Å². The zero-order valence-corrected chi connectivity index (χ0v) is 10.0. The number of benzene rings is 1. The number of nitrogens with zero attached hydrogens (tertiary/aromatic N) is 1. The third-order valence-electron chi connectivity index (χ3n) is 2.07. The first kappa shape index (κ1) is 11.7. The van der Waals surface area contributed by atoms with E-state index in [4.69, 9.17) is 0 Å². The first-order valence-corrected chi connectivity index (χ1v) is 6.01. The number of amides is 2. The molecule has 88 valence electrons. The molecule has 1 aromatic rings. The standard InChI is InChI=1S/C11H11N3O2S/c1-7(15)12-9-4-2-8(3-5-9)11-14-13-10(16)6-17-11/h2-5H,6H2,1H3,(H,12,15)(H,13,16). The van der Waals surface area contributed by atoms with Crippen LogP contribution in [-0.2, 0) is 9.59 Å². The molecule has 0 radical (unpaired) electrons. The van der Waals surface area contributed by atoms with Crippen molar-refractivity contribution in [2.45, 2.75) is 6.92 Å². The van der Waals surface area contributed by atoms with Gasteiger partial charge >= 0.3 is 0 Å². The van der Waals surface area contributed by atoms with E-state index in [1.807, 2.05) is 12.1 Å². The van der Waals surface area contributed by atoms with E-state index in [1.165, 1.54) is 18.7 Å². The van der Waals surface area contributed by atoms with Gasteiger partial charge in [0.1, 0.15) is 5.04 Å². The van der Waals surface area contributed by atoms with E-state index in [2.05, 4.69) is 15.8 Å². The third kappa shape index (κ3) is 3.07. The number of carbonyl (C=O) groups is 2. The number of anilines is 1. The second kappa shape index (κ2) is 5.01. The van der Waals surface area contributed by atoms with Crippen molar-refractivity contribution in [2.75, 3.05) is 11.1 Å². The maximum Gasteiger partial charge on any atom is 0.250 e. The molecule has 0 aliphatic carbocycles. The van der Waals surface area contributed by atoms with Crippen molar-refractivity contribution in [3.63, 3.8) is 0 Å². The van der Waals surface area contributed by atoms with E-state index in [9.17, 15) is 9.59 Å². The molecule has 17 heavy (non-hydrogen) atoms. The molecule has 2 N–H and O–H groups in total. The minimum atomic E-state index is -0.102. The van der Waals surface area contributed by atoms with E-state index in [-0.39, 0.29) is 11.8 Å². The molecule has 0 spiro atoms. The van der Waals surface area contributed by atoms with Gasteiger partial charge in [-0.05, 0) is 12.1 Å². The van der Waals surface area contributed by atoms with Gasteiger partial charge in [-0.2, -0.15) is 5.10 Å². The molecule has 1 aliphatic rings. The minimum absolute atomic E-state index is 0.0892. The summed E-state index contributed by atoms with van der Waals surface area (Å²) >= 11 is 1.39. The fraction of sp³-hybridized carbons (Fsp3) is 0.182. The van der Waals surface area contributed by atoms with Gasteiger partial charge in [0, 0.05) is 18.2 Å². The Balaban J connectivity index is 2.12. The molecule has 1 heterocycles. The molecule has 5 nitrogen and oxygen atoms in total. The summed E-state index contributed by atoms with van der Waals surface area (Å²) in [7, 11) is 0. The van der Waals surface area contributed by atoms with Crippen LogP contribution in [0.3, 0.4) is 0 Å². The van der Waals surface area contributed by atoms with Crippen LogP contribution in [0.1, 0.15) is 12.5 Å². The number of thioether (sulfide) groups is 1. The summed E-state index contributed by atoms with van der Waals surface area (Å²) < 4.78 is 0. The largest absolute Gasteiger partial charge is 0.326 e. The molecule has 0 saturated carbocycles. The highest BCUT2D eigenvalue weighted by atomic mass is 32.2. The Kier molecular flexibility index (Phi) is 3.43. The minimum Gasteiger partial charge on any atom is -0.326 e. The Hall–Kier alpha value is -1.82. The highest BCUT2D eigenvalue weighted by Crippen LogP contribution is 2.18. The maximum absolute atomic E-state index is 10.9. The Morgan fingerprint density at radius 3 is 2.65 bits per heavy atom. The summed E-state index contributed by atoms with van der Waals surface area (Å²) in [4.78, 5) is 21.8. The van der Waals surface area contributed by atoms with Crippen LogP contribution in [0.25, 0.3) is 0 Å². The fourth-order valence-electron chi connectivity index (χ4n) is 1.36. The molecule has 0 aromatic heterocycles. The molecule has 0 atom stereocenters. The van der Waals surface area contributed by atoms with Crippen molar-refractivity contribution in [3.05, 3.63) is 29.8 Å². The van der Waals surface area contributed by atoms with Crippen molar-refractivity contribution in [3.8, 4) is 0 Å². The fourth-order valence-corrected chi connectivity index (χ4v) is 2.10. The number of carbonyl (C=O) groups excluding carboxylic acids is 2. The van der Waals surface area contributed by atoms with Gasteiger partial charge in [0.25, 0.3) is 5.91 Å². The lowest BCUT2D eigenvalue weighted by Crippen LogP contribution is -2.26. The average molecular weight is 249 g/mol. The van der Waals surface area contributed by atoms with Crippen molar-refractivity contribution in [2.24, 2.45) is 5.10 Å². The van der Waals surface area contributed by atoms with Crippen LogP contribution in [-0.4, -0.2) is 22.6 Å². The molecule has 0 fully saturated rings. The van der Waals surface area contributed by atoms with Crippen LogP contribution < -0.4 is 10.7 Å². The second-order valence-corrected chi connectivity index (χ2v) is 4.46. The Morgan fingerprint density at radius 2 is 2.12 bits per heavy atom. The van der Waals surface area contributed by atoms with Crippen LogP contribution in [0.5, 0.6) is 0 Å². The number of rotatable bonds is 2. The summed E-state index contributed by atoms with van der Waals surface area (Å²) in [6, 6.07) is 7.32. The van der Waals surface area contributed by atoms with Gasteiger partial charge in [0.2, 0.25) is 5.91 Å². The molecule has 0 saturated heterocycles. The van der Waals surface area contributed by atoms with E-state index in [0.29, 0.717) is 5.75 Å². The zero-order chi connectivity index (χ0) is 12.3. The number of hydrogen-bond donors (Lipinski definition) is 2. The van der Waals surface area contributed by atoms with Crippen LogP contribution >= 0.6 is 11.8 Å². The third-order valence-corrected chi connectivity index (χ3v) is 3.08. The highest BCUT2D eigenvalue weighted by molar-refractivity contribution is 8.15. The molecule has 6 heteroatoms. The molecule has 1 aliphatic heterocycles. The number of hydrazone groups is 1. The predicted octanol–water partition coefficient (Wildman–Crippen LogP) is 1.17. The van der Waals surface area contributed by atoms with Gasteiger partial charge in [0.05, 0.1) is 5.75 Å². The molecule has 0 bridgehead atoms. The molecule has 2 amide bonds. The smallest absolute Gasteiger partial charge is 0.250 e. The lowest BCUT2D eigenvalue weighted by molar-refractivity contribution is -0.118. The van der Waals surface area contributed by atoms with Gasteiger partial charge in [0.15, 0.2) is 0 Å². The van der Waals surface area contributed by atoms with Crippen molar-refractivity contribution < 1.29 is 9.59 Å². The summed E-state index contributed by atoms with van der Waals surface area (Å²) in [5.41, 5.74) is 4.10. The topological polar surface area (TPSA) is 70.6 Å². The van der Waals surface area contributed by atoms with Gasteiger partial charge in [-0.25, -0.2) is 5.43 Å². The van der Waals surface area contributed by atoms with E-state index < -0.39 is 0 Å². The predicted molar refractivity (Wildman–Crippen MR) is 67.9 cm³/mol. The quantitative estimate of drug-likeness (QED) is 0.826. The second-order valence-electron chi connectivity index (χ2n) is 3.50. The van der Waals surface area contributed by atoms with Crippen molar-refractivity contribution in [1.29, 1.82) is 0 Å². The van der Waals surface area contributed by atoms with Gasteiger partial charge in [-0.3, -0.25) is 9.59 Å². The van der Waals surface area contributed by atoms with Gasteiger partial charge in [-0.1, -0.05) is 23.9 Å². The monoisotopic (exact) mass is 249 g/mol. The molecular weight excluding hydrogens is 238 g/mol. The van der Waals surface area contributed by atoms with E-state index in [1.54, 1.807) is 12.1 Å². The van der Waals surface area contributed by atoms with Crippen molar-refractivity contribution in [1.82, 2.24) is 5.43 Å². The zero-order valence-electron chi connectivity index (χ0n) is 9.19. The van der Waals surface area contributed by atoms with Crippen LogP contribution in [0, 0.1) is 0 Å². The summed E-state index contributed by atoms with van der Waals surface area (Å²) in [6.07, 6.45) is 0. The molecule has 2 rings (SSSR count). The Labute approximate surface area is 103 Å². The normalized spacial score (nSPS) is 14.9. The number of hydrogen-bond acceptors (Lipinski definition) is 4. The summed E-state index contributed by atoms with van der Waals surface area (Å²) in [5.74, 6) is 0.190. The highest BCUT2D eigenvalue weighted by Gasteiger charge is 2.13. The van der Waals surface area contributed by atoms with Crippen LogP contribution in [0.4, 0.5) is 5.69 Å². The first-order valence-electron chi connectivity index (χ1n) is 5.02. The lowest BCUT2D eigenvalue weighted by atomic mass is 10.2. The summed E-state index contributed by atoms with van der Waals surface area (Å²) in [5, 5.41) is 7.43. The van der Waals surface area contributed by atoms with E-state index >= 15 is 0 Å². The molecular formula is C11H11N3O2S. The van der Waals surface area contributed by atoms with Gasteiger partial charge in [-0.15, -0.1) is 0 Å². The average Bonchev–Trinajstić information content (AvgIpc) is 2.30. The molecule has 1 aromatic carbocycles.